The maximum Gasteiger partial charge on any atom is 0.409 e. The number of amides is 1. The summed E-state index contributed by atoms with van der Waals surface area (Å²) in [5.41, 5.74) is 4.84. The first-order valence-corrected chi connectivity index (χ1v) is 9.06. The van der Waals surface area contributed by atoms with Crippen molar-refractivity contribution >= 4 is 6.09 Å². The van der Waals surface area contributed by atoms with Crippen LogP contribution in [0, 0.1) is 5.92 Å². The lowest BCUT2D eigenvalue weighted by atomic mass is 9.98. The normalized spacial score (nSPS) is 19.6. The number of hydrogen-bond donors (Lipinski definition) is 1. The van der Waals surface area contributed by atoms with Crippen LogP contribution in [0.2, 0.25) is 0 Å². The molecule has 2 aromatic rings. The number of ether oxygens (including phenoxy) is 2. The van der Waals surface area contributed by atoms with Crippen molar-refractivity contribution in [1.29, 1.82) is 0 Å². The van der Waals surface area contributed by atoms with Gasteiger partial charge in [0.1, 0.15) is 6.61 Å². The number of fused-ring (bicyclic) bond motifs is 3. The van der Waals surface area contributed by atoms with Crippen molar-refractivity contribution in [1.82, 2.24) is 4.90 Å². The standard InChI is InChI=1S/C21H23NO4/c23-12-15-11-22(9-10-25-13-15)21(24)26-14-20-18-7-3-1-5-16(18)17-6-2-4-8-19(17)20/h1-8,15,20,23H,9-14H2. The van der Waals surface area contributed by atoms with Gasteiger partial charge in [-0.2, -0.15) is 0 Å². The van der Waals surface area contributed by atoms with Crippen LogP contribution in [0.4, 0.5) is 4.79 Å². The van der Waals surface area contributed by atoms with E-state index in [1.54, 1.807) is 4.90 Å². The molecule has 0 aromatic heterocycles. The lowest BCUT2D eigenvalue weighted by Gasteiger charge is -2.23. The third-order valence-corrected chi connectivity index (χ3v) is 5.19. The fraction of sp³-hybridized carbons (Fsp3) is 0.381. The Morgan fingerprint density at radius 2 is 1.77 bits per heavy atom. The van der Waals surface area contributed by atoms with Crippen LogP contribution in [0.5, 0.6) is 0 Å². The van der Waals surface area contributed by atoms with Gasteiger partial charge < -0.3 is 19.5 Å². The van der Waals surface area contributed by atoms with Gasteiger partial charge in [-0.05, 0) is 22.3 Å². The third-order valence-electron chi connectivity index (χ3n) is 5.19. The summed E-state index contributed by atoms with van der Waals surface area (Å²) in [6, 6.07) is 16.6. The molecule has 0 bridgehead atoms. The Kier molecular flexibility index (Phi) is 4.91. The summed E-state index contributed by atoms with van der Waals surface area (Å²) >= 11 is 0. The van der Waals surface area contributed by atoms with E-state index in [2.05, 4.69) is 24.3 Å². The second-order valence-corrected chi connectivity index (χ2v) is 6.87. The molecule has 26 heavy (non-hydrogen) atoms. The number of aliphatic hydroxyl groups is 1. The maximum atomic E-state index is 12.6. The predicted molar refractivity (Wildman–Crippen MR) is 98.0 cm³/mol. The fourth-order valence-corrected chi connectivity index (χ4v) is 3.84. The van der Waals surface area contributed by atoms with E-state index < -0.39 is 0 Å². The molecule has 0 saturated carbocycles. The number of hydrogen-bond acceptors (Lipinski definition) is 4. The average molecular weight is 353 g/mol. The van der Waals surface area contributed by atoms with Crippen LogP contribution in [-0.4, -0.2) is 55.6 Å². The van der Waals surface area contributed by atoms with Crippen LogP contribution in [0.15, 0.2) is 48.5 Å². The number of aliphatic hydroxyl groups excluding tert-OH is 1. The monoisotopic (exact) mass is 353 g/mol. The molecule has 1 saturated heterocycles. The summed E-state index contributed by atoms with van der Waals surface area (Å²) in [7, 11) is 0. The van der Waals surface area contributed by atoms with Gasteiger partial charge in [-0.3, -0.25) is 0 Å². The van der Waals surface area contributed by atoms with Crippen molar-refractivity contribution in [3.05, 3.63) is 59.7 Å². The quantitative estimate of drug-likeness (QED) is 0.922. The highest BCUT2D eigenvalue weighted by molar-refractivity contribution is 5.79. The van der Waals surface area contributed by atoms with Crippen molar-refractivity contribution in [3.63, 3.8) is 0 Å². The average Bonchev–Trinajstić information content (AvgIpc) is 2.83. The van der Waals surface area contributed by atoms with Crippen molar-refractivity contribution in [3.8, 4) is 11.1 Å². The first kappa shape index (κ1) is 17.1. The molecule has 1 atom stereocenters. The minimum Gasteiger partial charge on any atom is -0.448 e. The van der Waals surface area contributed by atoms with Gasteiger partial charge >= 0.3 is 6.09 Å². The van der Waals surface area contributed by atoms with E-state index in [9.17, 15) is 9.90 Å². The summed E-state index contributed by atoms with van der Waals surface area (Å²) in [6.07, 6.45) is -0.337. The zero-order valence-corrected chi connectivity index (χ0v) is 14.6. The van der Waals surface area contributed by atoms with Gasteiger partial charge in [-0.1, -0.05) is 48.5 Å². The molecule has 1 amide bonds. The van der Waals surface area contributed by atoms with Crippen LogP contribution in [0.25, 0.3) is 11.1 Å². The molecule has 5 nitrogen and oxygen atoms in total. The molecule has 1 aliphatic heterocycles. The van der Waals surface area contributed by atoms with E-state index in [4.69, 9.17) is 9.47 Å². The fourth-order valence-electron chi connectivity index (χ4n) is 3.84. The van der Waals surface area contributed by atoms with Crippen LogP contribution in [0.1, 0.15) is 17.0 Å². The topological polar surface area (TPSA) is 59.0 Å². The SMILES string of the molecule is O=C(OCC1c2ccccc2-c2ccccc21)N1CCOCC(CO)C1. The summed E-state index contributed by atoms with van der Waals surface area (Å²) in [5.74, 6) is 0.00111. The molecule has 1 fully saturated rings. The molecule has 1 N–H and O–H groups in total. The molecule has 1 heterocycles. The predicted octanol–water partition coefficient (Wildman–Crippen LogP) is 2.88. The first-order valence-electron chi connectivity index (χ1n) is 9.06. The van der Waals surface area contributed by atoms with Gasteiger partial charge in [-0.25, -0.2) is 4.79 Å². The van der Waals surface area contributed by atoms with E-state index in [-0.39, 0.29) is 24.5 Å². The highest BCUT2D eigenvalue weighted by atomic mass is 16.6. The molecular weight excluding hydrogens is 330 g/mol. The number of carbonyl (C=O) groups excluding carboxylic acids is 1. The molecule has 0 spiro atoms. The smallest absolute Gasteiger partial charge is 0.409 e. The molecule has 5 heteroatoms. The summed E-state index contributed by atoms with van der Waals surface area (Å²) in [6.45, 7) is 2.23. The van der Waals surface area contributed by atoms with E-state index in [1.807, 2.05) is 24.3 Å². The molecular formula is C21H23NO4. The Morgan fingerprint density at radius 3 is 2.42 bits per heavy atom. The van der Waals surface area contributed by atoms with E-state index in [1.165, 1.54) is 22.3 Å². The first-order chi connectivity index (χ1) is 12.8. The zero-order valence-electron chi connectivity index (χ0n) is 14.6. The van der Waals surface area contributed by atoms with Gasteiger partial charge in [0.15, 0.2) is 0 Å². The van der Waals surface area contributed by atoms with Gasteiger partial charge in [0, 0.05) is 31.5 Å². The van der Waals surface area contributed by atoms with Gasteiger partial charge in [0.2, 0.25) is 0 Å². The van der Waals surface area contributed by atoms with Crippen molar-refractivity contribution in [2.45, 2.75) is 5.92 Å². The molecule has 1 aliphatic carbocycles. The lowest BCUT2D eigenvalue weighted by Crippen LogP contribution is -2.37. The summed E-state index contributed by atoms with van der Waals surface area (Å²) in [4.78, 5) is 14.2. The van der Waals surface area contributed by atoms with E-state index in [0.717, 1.165) is 0 Å². The largest absolute Gasteiger partial charge is 0.448 e. The summed E-state index contributed by atoms with van der Waals surface area (Å²) < 4.78 is 11.1. The Balaban J connectivity index is 1.48. The minimum absolute atomic E-state index is 0.00710. The summed E-state index contributed by atoms with van der Waals surface area (Å²) in [5, 5.41) is 9.38. The Bertz CT molecular complexity index is 746. The molecule has 2 aromatic carbocycles. The highest BCUT2D eigenvalue weighted by Gasteiger charge is 2.30. The third kappa shape index (κ3) is 3.20. The molecule has 1 unspecified atom stereocenters. The van der Waals surface area contributed by atoms with Crippen molar-refractivity contribution in [2.75, 3.05) is 39.5 Å². The van der Waals surface area contributed by atoms with Crippen molar-refractivity contribution in [2.24, 2.45) is 5.92 Å². The molecule has 0 radical (unpaired) electrons. The second kappa shape index (κ2) is 7.48. The van der Waals surface area contributed by atoms with E-state index >= 15 is 0 Å². The van der Waals surface area contributed by atoms with E-state index in [0.29, 0.717) is 32.9 Å². The lowest BCUT2D eigenvalue weighted by molar-refractivity contribution is 0.0923. The van der Waals surface area contributed by atoms with Crippen LogP contribution in [-0.2, 0) is 9.47 Å². The van der Waals surface area contributed by atoms with Crippen molar-refractivity contribution < 1.29 is 19.4 Å². The van der Waals surface area contributed by atoms with Crippen LogP contribution < -0.4 is 0 Å². The van der Waals surface area contributed by atoms with Gasteiger partial charge in [0.25, 0.3) is 0 Å². The molecule has 4 rings (SSSR count). The number of benzene rings is 2. The zero-order chi connectivity index (χ0) is 17.9. The maximum absolute atomic E-state index is 12.6. The minimum atomic E-state index is -0.337. The Morgan fingerprint density at radius 1 is 1.12 bits per heavy atom. The molecule has 136 valence electrons. The van der Waals surface area contributed by atoms with Crippen LogP contribution >= 0.6 is 0 Å². The van der Waals surface area contributed by atoms with Gasteiger partial charge in [0.05, 0.1) is 13.2 Å². The Hall–Kier alpha value is -2.37. The number of nitrogens with zero attached hydrogens (tertiary/aromatic N) is 1. The number of carbonyl (C=O) groups is 1. The second-order valence-electron chi connectivity index (χ2n) is 6.87. The highest BCUT2D eigenvalue weighted by Crippen LogP contribution is 2.44. The van der Waals surface area contributed by atoms with Gasteiger partial charge in [-0.15, -0.1) is 0 Å². The number of rotatable bonds is 3. The van der Waals surface area contributed by atoms with Crippen LogP contribution in [0.3, 0.4) is 0 Å². The Labute approximate surface area is 153 Å². The molecule has 2 aliphatic rings.